The van der Waals surface area contributed by atoms with E-state index in [0.717, 1.165) is 43.1 Å². The highest BCUT2D eigenvalue weighted by Crippen LogP contribution is 2.41. The number of aromatic nitrogens is 1. The maximum atomic E-state index is 11.3. The summed E-state index contributed by atoms with van der Waals surface area (Å²) < 4.78 is 1.22. The summed E-state index contributed by atoms with van der Waals surface area (Å²) in [4.78, 5) is 20.9. The Morgan fingerprint density at radius 2 is 2.13 bits per heavy atom. The van der Waals surface area contributed by atoms with E-state index >= 15 is 0 Å². The first-order chi connectivity index (χ1) is 11.1. The molecule has 0 spiro atoms. The Kier molecular flexibility index (Phi) is 4.66. The number of para-hydroxylation sites is 1. The van der Waals surface area contributed by atoms with Crippen LogP contribution in [-0.4, -0.2) is 53.4 Å². The number of carbonyl (C=O) groups is 1. The van der Waals surface area contributed by atoms with Crippen molar-refractivity contribution >= 4 is 27.5 Å². The lowest BCUT2D eigenvalue weighted by Crippen LogP contribution is -2.48. The number of rotatable bonds is 6. The molecular formula is C17H24N4OS. The molecule has 1 aromatic heterocycles. The van der Waals surface area contributed by atoms with E-state index < -0.39 is 0 Å². The minimum Gasteiger partial charge on any atom is -0.369 e. The summed E-state index contributed by atoms with van der Waals surface area (Å²) in [5, 5.41) is 1.16. The molecule has 23 heavy (non-hydrogen) atoms. The van der Waals surface area contributed by atoms with Crippen molar-refractivity contribution in [2.45, 2.75) is 25.8 Å². The molecule has 5 nitrogen and oxygen atoms in total. The molecule has 1 aliphatic rings. The second-order valence-electron chi connectivity index (χ2n) is 6.12. The quantitative estimate of drug-likeness (QED) is 0.879. The van der Waals surface area contributed by atoms with Gasteiger partial charge in [0.2, 0.25) is 5.91 Å². The molecule has 1 aromatic carbocycles. The number of thiazole rings is 1. The van der Waals surface area contributed by atoms with Gasteiger partial charge in [-0.05, 0) is 31.6 Å². The summed E-state index contributed by atoms with van der Waals surface area (Å²) in [6, 6.07) is 8.29. The van der Waals surface area contributed by atoms with E-state index in [-0.39, 0.29) is 11.4 Å². The Hall–Kier alpha value is -1.50. The first kappa shape index (κ1) is 16.4. The van der Waals surface area contributed by atoms with Crippen LogP contribution in [0.3, 0.4) is 0 Å². The number of nitrogens with two attached hydrogens (primary N) is 1. The van der Waals surface area contributed by atoms with Crippen molar-refractivity contribution in [1.82, 2.24) is 14.8 Å². The van der Waals surface area contributed by atoms with E-state index in [0.29, 0.717) is 6.54 Å². The van der Waals surface area contributed by atoms with Gasteiger partial charge in [0.1, 0.15) is 5.01 Å². The van der Waals surface area contributed by atoms with Crippen molar-refractivity contribution in [2.75, 3.05) is 32.7 Å². The zero-order valence-electron chi connectivity index (χ0n) is 13.8. The van der Waals surface area contributed by atoms with Crippen LogP contribution in [-0.2, 0) is 10.3 Å². The lowest BCUT2D eigenvalue weighted by atomic mass is 9.96. The second kappa shape index (κ2) is 6.55. The molecular weight excluding hydrogens is 308 g/mol. The van der Waals surface area contributed by atoms with Gasteiger partial charge in [-0.2, -0.15) is 0 Å². The number of benzene rings is 1. The summed E-state index contributed by atoms with van der Waals surface area (Å²) in [5.41, 5.74) is 6.35. The average molecular weight is 332 g/mol. The highest BCUT2D eigenvalue weighted by molar-refractivity contribution is 7.18. The zero-order valence-corrected chi connectivity index (χ0v) is 14.6. The van der Waals surface area contributed by atoms with Crippen LogP contribution in [0, 0.1) is 0 Å². The Balaban J connectivity index is 2.00. The van der Waals surface area contributed by atoms with Gasteiger partial charge in [0.05, 0.1) is 22.3 Å². The molecule has 0 bridgehead atoms. The topological polar surface area (TPSA) is 62.5 Å². The number of hydrogen-bond acceptors (Lipinski definition) is 5. The molecule has 2 aromatic rings. The summed E-state index contributed by atoms with van der Waals surface area (Å²) in [6.07, 6.45) is 0.988. The van der Waals surface area contributed by atoms with Crippen LogP contribution >= 0.6 is 11.3 Å². The molecule has 1 atom stereocenters. The number of fused-ring (bicyclic) bond motifs is 1. The van der Waals surface area contributed by atoms with Crippen molar-refractivity contribution in [2.24, 2.45) is 5.73 Å². The molecule has 124 valence electrons. The van der Waals surface area contributed by atoms with Gasteiger partial charge >= 0.3 is 0 Å². The highest BCUT2D eigenvalue weighted by Gasteiger charge is 2.45. The molecule has 0 aliphatic carbocycles. The normalized spacial score (nSPS) is 22.2. The third kappa shape index (κ3) is 2.98. The third-order valence-corrected chi connectivity index (χ3v) is 6.00. The van der Waals surface area contributed by atoms with Gasteiger partial charge < -0.3 is 5.73 Å². The van der Waals surface area contributed by atoms with Gasteiger partial charge in [-0.1, -0.05) is 26.0 Å². The van der Waals surface area contributed by atoms with Gasteiger partial charge in [0.25, 0.3) is 0 Å². The molecule has 1 saturated heterocycles. The summed E-state index contributed by atoms with van der Waals surface area (Å²) in [7, 11) is 0. The van der Waals surface area contributed by atoms with E-state index in [1.807, 2.05) is 6.07 Å². The van der Waals surface area contributed by atoms with Gasteiger partial charge in [-0.3, -0.25) is 14.6 Å². The van der Waals surface area contributed by atoms with E-state index in [9.17, 15) is 4.79 Å². The molecule has 1 amide bonds. The summed E-state index contributed by atoms with van der Waals surface area (Å²) in [5.74, 6) is -0.260. The molecule has 3 rings (SSSR count). The van der Waals surface area contributed by atoms with Crippen molar-refractivity contribution in [3.8, 4) is 0 Å². The van der Waals surface area contributed by atoms with Crippen LogP contribution in [0.25, 0.3) is 10.2 Å². The number of likely N-dealkylation sites (N-methyl/N-ethyl adjacent to an activating group) is 1. The highest BCUT2D eigenvalue weighted by atomic mass is 32.1. The van der Waals surface area contributed by atoms with Crippen LogP contribution in [0.2, 0.25) is 0 Å². The number of likely N-dealkylation sites (tertiary alicyclic amines) is 1. The van der Waals surface area contributed by atoms with Gasteiger partial charge in [0, 0.05) is 13.1 Å². The summed E-state index contributed by atoms with van der Waals surface area (Å²) >= 11 is 1.78. The second-order valence-corrected chi connectivity index (χ2v) is 7.15. The smallest absolute Gasteiger partial charge is 0.231 e. The Bertz CT molecular complexity index is 664. The predicted octanol–water partition coefficient (Wildman–Crippen LogP) is 2.02. The third-order valence-electron chi connectivity index (χ3n) is 4.77. The van der Waals surface area contributed by atoms with Crippen LogP contribution in [0.5, 0.6) is 0 Å². The van der Waals surface area contributed by atoms with Crippen LogP contribution < -0.4 is 5.73 Å². The maximum Gasteiger partial charge on any atom is 0.231 e. The lowest BCUT2D eigenvalue weighted by Gasteiger charge is -2.38. The monoisotopic (exact) mass is 332 g/mol. The Morgan fingerprint density at radius 1 is 1.39 bits per heavy atom. The van der Waals surface area contributed by atoms with Gasteiger partial charge in [-0.15, -0.1) is 11.3 Å². The fourth-order valence-electron chi connectivity index (χ4n) is 3.69. The molecule has 2 N–H and O–H groups in total. The Morgan fingerprint density at radius 3 is 2.78 bits per heavy atom. The number of hydrogen-bond donors (Lipinski definition) is 1. The molecule has 6 heteroatoms. The average Bonchev–Trinajstić information content (AvgIpc) is 3.13. The number of amides is 1. The maximum absolute atomic E-state index is 11.3. The standard InChI is InChI=1S/C17H24N4OS/c1-3-21(4-2)17(9-10-20(12-17)11-15(18)22)16-19-13-7-5-6-8-14(13)23-16/h5-8H,3-4,9-12H2,1-2H3,(H2,18,22). The predicted molar refractivity (Wildman–Crippen MR) is 94.5 cm³/mol. The van der Waals surface area contributed by atoms with Crippen LogP contribution in [0.4, 0.5) is 0 Å². The minimum atomic E-state index is -0.260. The molecule has 0 radical (unpaired) electrons. The van der Waals surface area contributed by atoms with Crippen LogP contribution in [0.15, 0.2) is 24.3 Å². The molecule has 1 aliphatic heterocycles. The van der Waals surface area contributed by atoms with Crippen molar-refractivity contribution in [3.63, 3.8) is 0 Å². The van der Waals surface area contributed by atoms with Crippen LogP contribution in [0.1, 0.15) is 25.3 Å². The van der Waals surface area contributed by atoms with Gasteiger partial charge in [-0.25, -0.2) is 4.98 Å². The zero-order chi connectivity index (χ0) is 16.4. The molecule has 0 saturated carbocycles. The van der Waals surface area contributed by atoms with E-state index in [1.54, 1.807) is 11.3 Å². The van der Waals surface area contributed by atoms with E-state index in [4.69, 9.17) is 10.7 Å². The first-order valence-electron chi connectivity index (χ1n) is 8.21. The van der Waals surface area contributed by atoms with Crippen molar-refractivity contribution < 1.29 is 4.79 Å². The van der Waals surface area contributed by atoms with Crippen molar-refractivity contribution in [3.05, 3.63) is 29.3 Å². The minimum absolute atomic E-state index is 0.108. The Labute approximate surface area is 141 Å². The SMILES string of the molecule is CCN(CC)C1(c2nc3ccccc3s2)CCN(CC(N)=O)C1. The van der Waals surface area contributed by atoms with Crippen molar-refractivity contribution in [1.29, 1.82) is 0 Å². The number of nitrogens with zero attached hydrogens (tertiary/aromatic N) is 3. The lowest BCUT2D eigenvalue weighted by molar-refractivity contribution is -0.119. The largest absolute Gasteiger partial charge is 0.369 e. The molecule has 1 fully saturated rings. The number of carbonyl (C=O) groups excluding carboxylic acids is 1. The fourth-order valence-corrected chi connectivity index (χ4v) is 4.90. The van der Waals surface area contributed by atoms with E-state index in [2.05, 4.69) is 41.8 Å². The molecule has 1 unspecified atom stereocenters. The first-order valence-corrected chi connectivity index (χ1v) is 9.02. The number of primary amides is 1. The van der Waals surface area contributed by atoms with E-state index in [1.165, 1.54) is 4.70 Å². The fraction of sp³-hybridized carbons (Fsp3) is 0.529. The van der Waals surface area contributed by atoms with Gasteiger partial charge in [0.15, 0.2) is 0 Å². The summed E-state index contributed by atoms with van der Waals surface area (Å²) in [6.45, 7) is 8.35. The molecule has 2 heterocycles.